The fourth-order valence-electron chi connectivity index (χ4n) is 5.98. The van der Waals surface area contributed by atoms with Gasteiger partial charge in [0.1, 0.15) is 17.5 Å². The second-order valence-corrected chi connectivity index (χ2v) is 9.00. The highest BCUT2D eigenvalue weighted by Crippen LogP contribution is 2.40. The van der Waals surface area contributed by atoms with E-state index in [9.17, 15) is 0 Å². The molecule has 1 N–H and O–H groups in total. The zero-order chi connectivity index (χ0) is 19.8. The molecule has 0 spiro atoms. The van der Waals surface area contributed by atoms with E-state index in [1.165, 1.54) is 48.0 Å². The van der Waals surface area contributed by atoms with Crippen molar-refractivity contribution in [1.82, 2.24) is 14.8 Å². The molecule has 0 radical (unpaired) electrons. The Balaban J connectivity index is 1.43. The number of hydrogen-bond acceptors (Lipinski definition) is 4. The largest absolute Gasteiger partial charge is 0.495 e. The minimum absolute atomic E-state index is 0.723. The Labute approximate surface area is 174 Å². The molecule has 2 fully saturated rings. The molecule has 1 unspecified atom stereocenters. The molecular weight excluding hydrogens is 360 g/mol. The van der Waals surface area contributed by atoms with Gasteiger partial charge in [0.2, 0.25) is 0 Å². The summed E-state index contributed by atoms with van der Waals surface area (Å²) in [5.74, 6) is 0.822. The van der Waals surface area contributed by atoms with Crippen LogP contribution in [0.3, 0.4) is 0 Å². The fourth-order valence-corrected chi connectivity index (χ4v) is 5.98. The van der Waals surface area contributed by atoms with E-state index in [-0.39, 0.29) is 0 Å². The number of rotatable bonds is 4. The summed E-state index contributed by atoms with van der Waals surface area (Å²) in [7, 11) is 1.70. The summed E-state index contributed by atoms with van der Waals surface area (Å²) in [6.07, 6.45) is 8.82. The molecule has 29 heavy (non-hydrogen) atoms. The van der Waals surface area contributed by atoms with Crippen LogP contribution in [0.4, 0.5) is 11.4 Å². The molecule has 0 aliphatic carbocycles. The predicted octanol–water partition coefficient (Wildman–Crippen LogP) is 3.50. The van der Waals surface area contributed by atoms with Crippen molar-refractivity contribution in [1.29, 1.82) is 0 Å². The van der Waals surface area contributed by atoms with Gasteiger partial charge in [0.15, 0.2) is 0 Å². The highest BCUT2D eigenvalue weighted by molar-refractivity contribution is 5.55. The minimum Gasteiger partial charge on any atom is -0.495 e. The number of anilines is 1. The molecule has 0 amide bonds. The first-order valence-electron chi connectivity index (χ1n) is 11.2. The summed E-state index contributed by atoms with van der Waals surface area (Å²) in [4.78, 5) is 6.76. The number of methoxy groups -OCH3 is 1. The Morgan fingerprint density at radius 3 is 2.86 bits per heavy atom. The molecule has 2 aromatic rings. The van der Waals surface area contributed by atoms with Crippen LogP contribution in [0.1, 0.15) is 37.3 Å². The molecular formula is C24H33N4O+. The van der Waals surface area contributed by atoms with Crippen LogP contribution in [0.15, 0.2) is 36.7 Å². The summed E-state index contributed by atoms with van der Waals surface area (Å²) < 4.78 is 6.56. The summed E-state index contributed by atoms with van der Waals surface area (Å²) in [5, 5.41) is 3.62. The van der Waals surface area contributed by atoms with Gasteiger partial charge >= 0.3 is 0 Å². The quantitative estimate of drug-likeness (QED) is 0.807. The lowest BCUT2D eigenvalue weighted by Gasteiger charge is -2.44. The molecule has 1 aromatic carbocycles. The molecule has 0 bridgehead atoms. The van der Waals surface area contributed by atoms with E-state index in [0.717, 1.165) is 49.6 Å². The van der Waals surface area contributed by atoms with Gasteiger partial charge in [-0.05, 0) is 30.5 Å². The van der Waals surface area contributed by atoms with Crippen molar-refractivity contribution < 1.29 is 4.74 Å². The number of hydrogen-bond donors (Lipinski definition) is 1. The highest BCUT2D eigenvalue weighted by Gasteiger charge is 2.48. The van der Waals surface area contributed by atoms with Gasteiger partial charge in [-0.3, -0.25) is 9.47 Å². The maximum absolute atomic E-state index is 5.36. The summed E-state index contributed by atoms with van der Waals surface area (Å²) >= 11 is 0. The van der Waals surface area contributed by atoms with Gasteiger partial charge in [0.25, 0.3) is 0 Å². The number of quaternary nitrogens is 1. The summed E-state index contributed by atoms with van der Waals surface area (Å²) in [6, 6.07) is 10.9. The minimum atomic E-state index is 0.723. The van der Waals surface area contributed by atoms with Gasteiger partial charge in [0, 0.05) is 57.6 Å². The molecule has 3 aliphatic rings. The lowest BCUT2D eigenvalue weighted by atomic mass is 9.96. The van der Waals surface area contributed by atoms with Crippen LogP contribution >= 0.6 is 0 Å². The van der Waals surface area contributed by atoms with Crippen LogP contribution in [0.25, 0.3) is 0 Å². The Kier molecular flexibility index (Phi) is 4.96. The number of aromatic nitrogens is 1. The topological polar surface area (TPSA) is 37.4 Å². The van der Waals surface area contributed by atoms with Crippen LogP contribution in [-0.4, -0.2) is 50.4 Å². The van der Waals surface area contributed by atoms with E-state index >= 15 is 0 Å². The summed E-state index contributed by atoms with van der Waals surface area (Å²) in [5.41, 5.74) is 5.70. The van der Waals surface area contributed by atoms with Gasteiger partial charge in [-0.25, -0.2) is 0 Å². The molecule has 0 saturated carbocycles. The maximum atomic E-state index is 5.36. The first-order chi connectivity index (χ1) is 14.2. The van der Waals surface area contributed by atoms with E-state index in [1.807, 2.05) is 6.20 Å². The molecule has 154 valence electrons. The lowest BCUT2D eigenvalue weighted by Crippen LogP contribution is -2.59. The Bertz CT molecular complexity index is 879. The zero-order valence-corrected chi connectivity index (χ0v) is 17.7. The van der Waals surface area contributed by atoms with Crippen molar-refractivity contribution in [2.24, 2.45) is 0 Å². The number of likely N-dealkylation sites (tertiary alicyclic amines) is 1. The van der Waals surface area contributed by atoms with Crippen molar-refractivity contribution in [2.45, 2.75) is 51.2 Å². The van der Waals surface area contributed by atoms with Gasteiger partial charge in [-0.1, -0.05) is 6.07 Å². The van der Waals surface area contributed by atoms with Crippen LogP contribution in [-0.2, 0) is 13.0 Å². The Morgan fingerprint density at radius 2 is 2.10 bits per heavy atom. The molecule has 5 nitrogen and oxygen atoms in total. The second kappa shape index (κ2) is 7.62. The van der Waals surface area contributed by atoms with Crippen LogP contribution < -0.4 is 19.4 Å². The normalized spacial score (nSPS) is 29.1. The Morgan fingerprint density at radius 1 is 1.17 bits per heavy atom. The zero-order valence-electron chi connectivity index (χ0n) is 17.7. The van der Waals surface area contributed by atoms with Crippen molar-refractivity contribution in [3.8, 4) is 5.75 Å². The maximum Gasteiger partial charge on any atom is 0.139 e. The number of nitrogens with zero attached hydrogens (tertiary/aromatic N) is 3. The third-order valence-corrected chi connectivity index (χ3v) is 7.60. The lowest BCUT2D eigenvalue weighted by molar-refractivity contribution is 0.203. The van der Waals surface area contributed by atoms with Gasteiger partial charge < -0.3 is 15.0 Å². The average molecular weight is 394 g/mol. The van der Waals surface area contributed by atoms with E-state index in [2.05, 4.69) is 46.4 Å². The molecule has 5 rings (SSSR count). The van der Waals surface area contributed by atoms with Crippen molar-refractivity contribution >= 4 is 11.4 Å². The van der Waals surface area contributed by atoms with Crippen molar-refractivity contribution in [3.05, 3.63) is 47.8 Å². The molecule has 3 atom stereocenters. The monoisotopic (exact) mass is 393 g/mol. The van der Waals surface area contributed by atoms with E-state index in [4.69, 9.17) is 4.74 Å². The van der Waals surface area contributed by atoms with Gasteiger partial charge in [-0.2, -0.15) is 0 Å². The number of pyridine rings is 1. The first kappa shape index (κ1) is 18.9. The molecule has 2 saturated heterocycles. The summed E-state index contributed by atoms with van der Waals surface area (Å²) in [6.45, 7) is 8.09. The van der Waals surface area contributed by atoms with E-state index in [0.29, 0.717) is 0 Å². The van der Waals surface area contributed by atoms with Crippen molar-refractivity contribution in [2.75, 3.05) is 38.2 Å². The fraction of sp³-hybridized carbons (Fsp3) is 0.542. The number of ether oxygens (including phenoxy) is 1. The number of benzene rings is 1. The average Bonchev–Trinajstić information content (AvgIpc) is 3.43. The molecule has 5 heteroatoms. The first-order valence-corrected chi connectivity index (χ1v) is 11.2. The van der Waals surface area contributed by atoms with Gasteiger partial charge in [0.05, 0.1) is 37.8 Å². The third-order valence-electron chi connectivity index (χ3n) is 7.60. The Hall–Kier alpha value is -2.11. The van der Waals surface area contributed by atoms with E-state index < -0.39 is 0 Å². The van der Waals surface area contributed by atoms with Crippen LogP contribution in [0.5, 0.6) is 5.75 Å². The third kappa shape index (κ3) is 3.21. The van der Waals surface area contributed by atoms with Crippen molar-refractivity contribution in [3.63, 3.8) is 0 Å². The smallest absolute Gasteiger partial charge is 0.139 e. The second-order valence-electron chi connectivity index (χ2n) is 9.00. The van der Waals surface area contributed by atoms with E-state index in [1.54, 1.807) is 19.0 Å². The molecule has 4 heterocycles. The van der Waals surface area contributed by atoms with Crippen LogP contribution in [0.2, 0.25) is 0 Å². The number of nitrogens with one attached hydrogen (secondary N) is 1. The SMILES string of the molecule is COc1cncc(N2CCc3cc([N+]4([C@H]5CCNC5)CCC[C@@H]4C)ccc3C2)c1. The molecule has 1 aromatic heterocycles. The standard InChI is InChI=1S/C24H33N4O/c1-18-4-3-11-28(18,23-7-9-25-15-23)22-6-5-20-17-27(10-8-19(20)12-22)21-13-24(29-2)16-26-14-21/h5-6,12-14,16,18,23,25H,3-4,7-11,15,17H2,1-2H3/q+1/t18-,23-,28?/m0/s1. The highest BCUT2D eigenvalue weighted by atomic mass is 16.5. The van der Waals surface area contributed by atoms with Crippen LogP contribution in [0, 0.1) is 0 Å². The van der Waals surface area contributed by atoms with Gasteiger partial charge in [-0.15, -0.1) is 0 Å². The number of fused-ring (bicyclic) bond motifs is 1. The predicted molar refractivity (Wildman–Crippen MR) is 119 cm³/mol. The molecule has 3 aliphatic heterocycles.